The molecule has 0 saturated carbocycles. The third-order valence-electron chi connectivity index (χ3n) is 2.93. The molecule has 0 spiro atoms. The molecule has 2 aromatic rings. The van der Waals surface area contributed by atoms with E-state index in [0.29, 0.717) is 13.1 Å². The van der Waals surface area contributed by atoms with Crippen molar-refractivity contribution in [2.45, 2.75) is 20.1 Å². The summed E-state index contributed by atoms with van der Waals surface area (Å²) in [5.41, 5.74) is 0.149. The lowest BCUT2D eigenvalue weighted by Crippen LogP contribution is -2.30. The van der Waals surface area contributed by atoms with Crippen LogP contribution < -0.4 is 4.74 Å². The fourth-order valence-electron chi connectivity index (χ4n) is 1.93. The molecule has 0 fully saturated rings. The van der Waals surface area contributed by atoms with Crippen molar-refractivity contribution in [3.05, 3.63) is 52.2 Å². The maximum absolute atomic E-state index is 12.5. The van der Waals surface area contributed by atoms with E-state index >= 15 is 0 Å². The van der Waals surface area contributed by atoms with Gasteiger partial charge in [0, 0.05) is 11.4 Å². The average molecular weight is 311 g/mol. The Morgan fingerprint density at radius 2 is 2.05 bits per heavy atom. The zero-order valence-electron chi connectivity index (χ0n) is 11.5. The molecule has 21 heavy (non-hydrogen) atoms. The Balaban J connectivity index is 2.21. The number of benzene rings is 1. The fourth-order valence-corrected chi connectivity index (χ4v) is 2.65. The number of thiophene rings is 1. The SMILES string of the molecule is CCN(Cc1cccs1)C(=O)c1ccccc1OC(F)F. The first-order valence-corrected chi connectivity index (χ1v) is 7.35. The van der Waals surface area contributed by atoms with E-state index in [0.717, 1.165) is 4.88 Å². The summed E-state index contributed by atoms with van der Waals surface area (Å²) in [6.07, 6.45) is 0. The van der Waals surface area contributed by atoms with Gasteiger partial charge in [-0.3, -0.25) is 4.79 Å². The highest BCUT2D eigenvalue weighted by atomic mass is 32.1. The van der Waals surface area contributed by atoms with E-state index in [1.807, 2.05) is 24.4 Å². The van der Waals surface area contributed by atoms with Crippen molar-refractivity contribution in [2.75, 3.05) is 6.54 Å². The summed E-state index contributed by atoms with van der Waals surface area (Å²) in [4.78, 5) is 15.1. The van der Waals surface area contributed by atoms with Crippen LogP contribution in [0.4, 0.5) is 8.78 Å². The summed E-state index contributed by atoms with van der Waals surface area (Å²) >= 11 is 1.55. The Morgan fingerprint density at radius 1 is 1.29 bits per heavy atom. The van der Waals surface area contributed by atoms with Gasteiger partial charge in [-0.15, -0.1) is 11.3 Å². The topological polar surface area (TPSA) is 29.5 Å². The number of ether oxygens (including phenoxy) is 1. The first kappa shape index (κ1) is 15.4. The summed E-state index contributed by atoms with van der Waals surface area (Å²) in [6, 6.07) is 9.90. The minimum absolute atomic E-state index is 0.0953. The Kier molecular flexibility index (Phi) is 5.27. The van der Waals surface area contributed by atoms with Gasteiger partial charge in [-0.25, -0.2) is 0 Å². The number of alkyl halides is 2. The van der Waals surface area contributed by atoms with Crippen LogP contribution in [0.25, 0.3) is 0 Å². The monoisotopic (exact) mass is 311 g/mol. The molecule has 0 bridgehead atoms. The van der Waals surface area contributed by atoms with Crippen molar-refractivity contribution < 1.29 is 18.3 Å². The number of carbonyl (C=O) groups excluding carboxylic acids is 1. The summed E-state index contributed by atoms with van der Waals surface area (Å²) in [6.45, 7) is -0.163. The summed E-state index contributed by atoms with van der Waals surface area (Å²) in [5.74, 6) is -0.413. The molecule has 0 aliphatic heterocycles. The van der Waals surface area contributed by atoms with Crippen molar-refractivity contribution in [2.24, 2.45) is 0 Å². The van der Waals surface area contributed by atoms with Gasteiger partial charge in [0.1, 0.15) is 5.75 Å². The molecular formula is C15H15F2NO2S. The fraction of sp³-hybridized carbons (Fsp3) is 0.267. The Labute approximate surface area is 125 Å². The molecule has 3 nitrogen and oxygen atoms in total. The number of rotatable bonds is 6. The maximum atomic E-state index is 12.5. The zero-order valence-corrected chi connectivity index (χ0v) is 12.3. The summed E-state index contributed by atoms with van der Waals surface area (Å²) in [5, 5.41) is 1.93. The molecule has 0 radical (unpaired) electrons. The van der Waals surface area contributed by atoms with E-state index in [4.69, 9.17) is 0 Å². The van der Waals surface area contributed by atoms with Crippen LogP contribution in [0.3, 0.4) is 0 Å². The lowest BCUT2D eigenvalue weighted by molar-refractivity contribution is -0.0502. The van der Waals surface area contributed by atoms with Crippen molar-refractivity contribution in [1.29, 1.82) is 0 Å². The molecule has 1 aromatic heterocycles. The molecule has 1 aromatic carbocycles. The second-order valence-corrected chi connectivity index (χ2v) is 5.31. The van der Waals surface area contributed by atoms with Crippen molar-refractivity contribution in [3.63, 3.8) is 0 Å². The predicted octanol–water partition coefficient (Wildman–Crippen LogP) is 4.01. The van der Waals surface area contributed by atoms with Crippen molar-refractivity contribution in [1.82, 2.24) is 4.90 Å². The van der Waals surface area contributed by atoms with Gasteiger partial charge in [-0.2, -0.15) is 8.78 Å². The third-order valence-corrected chi connectivity index (χ3v) is 3.79. The Hall–Kier alpha value is -1.95. The van der Waals surface area contributed by atoms with Crippen molar-refractivity contribution >= 4 is 17.2 Å². The lowest BCUT2D eigenvalue weighted by atomic mass is 10.1. The molecule has 0 atom stereocenters. The predicted molar refractivity (Wildman–Crippen MR) is 77.8 cm³/mol. The van der Waals surface area contributed by atoms with Gasteiger partial charge >= 0.3 is 6.61 Å². The second kappa shape index (κ2) is 7.17. The minimum atomic E-state index is -2.95. The smallest absolute Gasteiger partial charge is 0.387 e. The van der Waals surface area contributed by atoms with Crippen LogP contribution >= 0.6 is 11.3 Å². The van der Waals surface area contributed by atoms with E-state index in [9.17, 15) is 13.6 Å². The number of para-hydroxylation sites is 1. The highest BCUT2D eigenvalue weighted by Gasteiger charge is 2.20. The van der Waals surface area contributed by atoms with E-state index in [1.165, 1.54) is 12.1 Å². The zero-order chi connectivity index (χ0) is 15.2. The van der Waals surface area contributed by atoms with E-state index in [2.05, 4.69) is 4.74 Å². The standard InChI is InChI=1S/C15H15F2NO2S/c1-2-18(10-11-6-5-9-21-11)14(19)12-7-3-4-8-13(12)20-15(16)17/h3-9,15H,2,10H2,1H3. The molecule has 2 rings (SSSR count). The third kappa shape index (κ3) is 4.01. The van der Waals surface area contributed by atoms with Gasteiger partial charge in [-0.05, 0) is 30.5 Å². The van der Waals surface area contributed by atoms with Gasteiger partial charge in [0.15, 0.2) is 0 Å². The van der Waals surface area contributed by atoms with Crippen LogP contribution in [0.15, 0.2) is 41.8 Å². The van der Waals surface area contributed by atoms with E-state index < -0.39 is 6.61 Å². The highest BCUT2D eigenvalue weighted by Crippen LogP contribution is 2.23. The van der Waals surface area contributed by atoms with Crippen LogP contribution in [0.2, 0.25) is 0 Å². The Morgan fingerprint density at radius 3 is 2.67 bits per heavy atom. The minimum Gasteiger partial charge on any atom is -0.434 e. The number of hydrogen-bond acceptors (Lipinski definition) is 3. The number of halogens is 2. The van der Waals surface area contributed by atoms with Gasteiger partial charge < -0.3 is 9.64 Å². The second-order valence-electron chi connectivity index (χ2n) is 4.27. The van der Waals surface area contributed by atoms with Gasteiger partial charge in [0.25, 0.3) is 5.91 Å². The number of carbonyl (C=O) groups is 1. The number of amides is 1. The number of nitrogens with zero attached hydrogens (tertiary/aromatic N) is 1. The van der Waals surface area contributed by atoms with E-state index in [1.54, 1.807) is 28.4 Å². The molecule has 0 N–H and O–H groups in total. The first-order valence-electron chi connectivity index (χ1n) is 6.47. The maximum Gasteiger partial charge on any atom is 0.387 e. The van der Waals surface area contributed by atoms with Crippen LogP contribution in [0.1, 0.15) is 22.2 Å². The highest BCUT2D eigenvalue weighted by molar-refractivity contribution is 7.09. The summed E-state index contributed by atoms with van der Waals surface area (Å²) < 4.78 is 29.2. The normalized spacial score (nSPS) is 10.7. The van der Waals surface area contributed by atoms with E-state index in [-0.39, 0.29) is 17.2 Å². The Bertz CT molecular complexity index is 587. The van der Waals surface area contributed by atoms with Crippen LogP contribution in [-0.2, 0) is 6.54 Å². The lowest BCUT2D eigenvalue weighted by Gasteiger charge is -2.21. The average Bonchev–Trinajstić information content (AvgIpc) is 2.97. The molecule has 112 valence electrons. The molecular weight excluding hydrogens is 296 g/mol. The molecule has 0 aliphatic rings. The first-order chi connectivity index (χ1) is 10.1. The van der Waals surface area contributed by atoms with Crippen molar-refractivity contribution in [3.8, 4) is 5.75 Å². The molecule has 0 aliphatic carbocycles. The van der Waals surface area contributed by atoms with Crippen LogP contribution in [0, 0.1) is 0 Å². The molecule has 1 heterocycles. The largest absolute Gasteiger partial charge is 0.434 e. The molecule has 1 amide bonds. The van der Waals surface area contributed by atoms with Crippen LogP contribution in [0.5, 0.6) is 5.75 Å². The molecule has 0 unspecified atom stereocenters. The molecule has 6 heteroatoms. The quantitative estimate of drug-likeness (QED) is 0.806. The van der Waals surface area contributed by atoms with Gasteiger partial charge in [0.2, 0.25) is 0 Å². The summed E-state index contributed by atoms with van der Waals surface area (Å²) in [7, 11) is 0. The number of hydrogen-bond donors (Lipinski definition) is 0. The van der Waals surface area contributed by atoms with Gasteiger partial charge in [0.05, 0.1) is 12.1 Å². The van der Waals surface area contributed by atoms with Crippen LogP contribution in [-0.4, -0.2) is 24.0 Å². The van der Waals surface area contributed by atoms with Gasteiger partial charge in [-0.1, -0.05) is 18.2 Å². The molecule has 0 saturated heterocycles.